The molecule has 0 aliphatic carbocycles. The van der Waals surface area contributed by atoms with Gasteiger partial charge in [-0.25, -0.2) is 9.37 Å². The van der Waals surface area contributed by atoms with Crippen molar-refractivity contribution < 1.29 is 13.9 Å². The van der Waals surface area contributed by atoms with Gasteiger partial charge in [0.2, 0.25) is 0 Å². The molecule has 4 nitrogen and oxygen atoms in total. The molecule has 0 saturated heterocycles. The van der Waals surface area contributed by atoms with Gasteiger partial charge in [-0.2, -0.15) is 0 Å². The Morgan fingerprint density at radius 3 is 2.64 bits per heavy atom. The van der Waals surface area contributed by atoms with Crippen LogP contribution in [-0.2, 0) is 0 Å². The van der Waals surface area contributed by atoms with E-state index in [0.717, 1.165) is 10.6 Å². The number of halogens is 1. The van der Waals surface area contributed by atoms with Gasteiger partial charge in [0.05, 0.1) is 6.54 Å². The maximum Gasteiger partial charge on any atom is 0.273 e. The second-order valence-corrected chi connectivity index (χ2v) is 6.27. The van der Waals surface area contributed by atoms with Gasteiger partial charge < -0.3 is 9.64 Å². The van der Waals surface area contributed by atoms with E-state index in [4.69, 9.17) is 4.74 Å². The minimum absolute atomic E-state index is 0.184. The van der Waals surface area contributed by atoms with Crippen LogP contribution >= 0.6 is 11.3 Å². The summed E-state index contributed by atoms with van der Waals surface area (Å²) in [6, 6.07) is 15.9. The van der Waals surface area contributed by atoms with Crippen molar-refractivity contribution in [3.63, 3.8) is 0 Å². The molecular weight excluding hydrogens is 339 g/mol. The predicted molar refractivity (Wildman–Crippen MR) is 96.4 cm³/mol. The maximum absolute atomic E-state index is 13.5. The number of para-hydroxylation sites is 1. The molecular formula is C19H17FN2O2S. The van der Waals surface area contributed by atoms with E-state index in [0.29, 0.717) is 12.2 Å². The zero-order chi connectivity index (χ0) is 17.6. The highest BCUT2D eigenvalue weighted by Crippen LogP contribution is 2.23. The summed E-state index contributed by atoms with van der Waals surface area (Å²) >= 11 is 1.43. The minimum atomic E-state index is -0.413. The van der Waals surface area contributed by atoms with Crippen LogP contribution in [0.1, 0.15) is 10.5 Å². The first kappa shape index (κ1) is 17.1. The number of carbonyl (C=O) groups is 1. The molecule has 0 fully saturated rings. The van der Waals surface area contributed by atoms with Crippen molar-refractivity contribution in [2.75, 3.05) is 20.2 Å². The highest BCUT2D eigenvalue weighted by molar-refractivity contribution is 7.13. The Labute approximate surface area is 149 Å². The van der Waals surface area contributed by atoms with Crippen molar-refractivity contribution in [3.8, 4) is 16.3 Å². The van der Waals surface area contributed by atoms with Crippen LogP contribution in [0.2, 0.25) is 0 Å². The average molecular weight is 356 g/mol. The van der Waals surface area contributed by atoms with E-state index < -0.39 is 5.82 Å². The normalized spacial score (nSPS) is 10.5. The van der Waals surface area contributed by atoms with Gasteiger partial charge in [-0.1, -0.05) is 42.5 Å². The van der Waals surface area contributed by atoms with Gasteiger partial charge in [-0.3, -0.25) is 4.79 Å². The molecule has 0 radical (unpaired) electrons. The van der Waals surface area contributed by atoms with E-state index in [-0.39, 0.29) is 18.3 Å². The Morgan fingerprint density at radius 1 is 1.16 bits per heavy atom. The molecule has 0 N–H and O–H groups in total. The number of hydrogen-bond donors (Lipinski definition) is 0. The van der Waals surface area contributed by atoms with Gasteiger partial charge in [0.25, 0.3) is 5.91 Å². The fourth-order valence-electron chi connectivity index (χ4n) is 2.24. The predicted octanol–water partition coefficient (Wildman–Crippen LogP) is 4.10. The van der Waals surface area contributed by atoms with E-state index in [1.807, 2.05) is 30.3 Å². The molecule has 128 valence electrons. The summed E-state index contributed by atoms with van der Waals surface area (Å²) in [4.78, 5) is 18.4. The molecule has 0 unspecified atom stereocenters. The quantitative estimate of drug-likeness (QED) is 0.668. The summed E-state index contributed by atoms with van der Waals surface area (Å²) < 4.78 is 18.9. The molecule has 2 aromatic carbocycles. The fraction of sp³-hybridized carbons (Fsp3) is 0.158. The minimum Gasteiger partial charge on any atom is -0.489 e. The van der Waals surface area contributed by atoms with Crippen molar-refractivity contribution in [3.05, 3.63) is 71.5 Å². The van der Waals surface area contributed by atoms with E-state index in [1.165, 1.54) is 22.3 Å². The summed E-state index contributed by atoms with van der Waals surface area (Å²) in [7, 11) is 1.68. The van der Waals surface area contributed by atoms with Gasteiger partial charge in [-0.15, -0.1) is 11.3 Å². The van der Waals surface area contributed by atoms with Crippen LogP contribution in [-0.4, -0.2) is 36.0 Å². The Bertz CT molecular complexity index is 851. The summed E-state index contributed by atoms with van der Waals surface area (Å²) in [6.07, 6.45) is 0. The zero-order valence-electron chi connectivity index (χ0n) is 13.7. The molecule has 0 bridgehead atoms. The van der Waals surface area contributed by atoms with E-state index in [2.05, 4.69) is 4.98 Å². The van der Waals surface area contributed by atoms with Crippen LogP contribution in [0.15, 0.2) is 60.0 Å². The van der Waals surface area contributed by atoms with Crippen molar-refractivity contribution in [2.45, 2.75) is 0 Å². The lowest BCUT2D eigenvalue weighted by molar-refractivity contribution is 0.0768. The van der Waals surface area contributed by atoms with E-state index in [1.54, 1.807) is 30.6 Å². The monoisotopic (exact) mass is 356 g/mol. The standard InChI is InChI=1S/C19H17FN2O2S/c1-22(11-12-24-17-10-6-5-9-15(17)20)19(23)16-13-25-18(21-16)14-7-3-2-4-8-14/h2-10,13H,11-12H2,1H3. The first-order valence-corrected chi connectivity index (χ1v) is 8.67. The number of carbonyl (C=O) groups excluding carboxylic acids is 1. The Balaban J connectivity index is 1.57. The molecule has 0 spiro atoms. The van der Waals surface area contributed by atoms with E-state index in [9.17, 15) is 9.18 Å². The van der Waals surface area contributed by atoms with Gasteiger partial charge in [0, 0.05) is 18.0 Å². The third-order valence-corrected chi connectivity index (χ3v) is 4.50. The van der Waals surface area contributed by atoms with Crippen molar-refractivity contribution in [2.24, 2.45) is 0 Å². The maximum atomic E-state index is 13.5. The number of thiazole rings is 1. The third-order valence-electron chi connectivity index (χ3n) is 3.61. The topological polar surface area (TPSA) is 42.4 Å². The van der Waals surface area contributed by atoms with Crippen molar-refractivity contribution in [1.29, 1.82) is 0 Å². The Kier molecular flexibility index (Phi) is 5.40. The molecule has 1 heterocycles. The van der Waals surface area contributed by atoms with Crippen LogP contribution in [0.3, 0.4) is 0 Å². The number of likely N-dealkylation sites (N-methyl/N-ethyl adjacent to an activating group) is 1. The third kappa shape index (κ3) is 4.22. The van der Waals surface area contributed by atoms with Crippen LogP contribution in [0.25, 0.3) is 10.6 Å². The van der Waals surface area contributed by atoms with Crippen molar-refractivity contribution >= 4 is 17.2 Å². The smallest absolute Gasteiger partial charge is 0.273 e. The second kappa shape index (κ2) is 7.90. The van der Waals surface area contributed by atoms with Gasteiger partial charge in [0.1, 0.15) is 17.3 Å². The molecule has 6 heteroatoms. The Morgan fingerprint density at radius 2 is 1.88 bits per heavy atom. The summed E-state index contributed by atoms with van der Waals surface area (Å²) in [5, 5.41) is 2.55. The highest BCUT2D eigenvalue weighted by atomic mass is 32.1. The number of hydrogen-bond acceptors (Lipinski definition) is 4. The van der Waals surface area contributed by atoms with Crippen molar-refractivity contribution in [1.82, 2.24) is 9.88 Å². The van der Waals surface area contributed by atoms with E-state index >= 15 is 0 Å². The van der Waals surface area contributed by atoms with Gasteiger partial charge in [-0.05, 0) is 12.1 Å². The number of rotatable bonds is 6. The number of amides is 1. The number of nitrogens with zero attached hydrogens (tertiary/aromatic N) is 2. The first-order chi connectivity index (χ1) is 12.1. The second-order valence-electron chi connectivity index (χ2n) is 5.41. The summed E-state index contributed by atoms with van der Waals surface area (Å²) in [6.45, 7) is 0.546. The SMILES string of the molecule is CN(CCOc1ccccc1F)C(=O)c1csc(-c2ccccc2)n1. The zero-order valence-corrected chi connectivity index (χ0v) is 14.5. The van der Waals surface area contributed by atoms with Crippen LogP contribution < -0.4 is 4.74 Å². The summed E-state index contributed by atoms with van der Waals surface area (Å²) in [5.74, 6) is -0.414. The molecule has 3 aromatic rings. The number of ether oxygens (including phenoxy) is 1. The first-order valence-electron chi connectivity index (χ1n) is 7.79. The van der Waals surface area contributed by atoms with Crippen LogP contribution in [0, 0.1) is 5.82 Å². The van der Waals surface area contributed by atoms with Gasteiger partial charge >= 0.3 is 0 Å². The van der Waals surface area contributed by atoms with Gasteiger partial charge in [0.15, 0.2) is 11.6 Å². The largest absolute Gasteiger partial charge is 0.489 e. The lowest BCUT2D eigenvalue weighted by Crippen LogP contribution is -2.31. The van der Waals surface area contributed by atoms with Crippen LogP contribution in [0.5, 0.6) is 5.75 Å². The summed E-state index contributed by atoms with van der Waals surface area (Å²) in [5.41, 5.74) is 1.38. The molecule has 3 rings (SSSR count). The number of aromatic nitrogens is 1. The average Bonchev–Trinajstić information content (AvgIpc) is 3.13. The lowest BCUT2D eigenvalue weighted by atomic mass is 10.2. The van der Waals surface area contributed by atoms with Crippen LogP contribution in [0.4, 0.5) is 4.39 Å². The molecule has 0 aliphatic heterocycles. The highest BCUT2D eigenvalue weighted by Gasteiger charge is 2.16. The molecule has 0 atom stereocenters. The molecule has 0 aliphatic rings. The lowest BCUT2D eigenvalue weighted by Gasteiger charge is -2.16. The Hall–Kier alpha value is -2.73. The molecule has 25 heavy (non-hydrogen) atoms. The fourth-order valence-corrected chi connectivity index (χ4v) is 3.04. The molecule has 0 saturated carbocycles. The number of benzene rings is 2. The molecule has 1 amide bonds. The molecule has 1 aromatic heterocycles.